The Kier molecular flexibility index (Phi) is 8.89. The number of ether oxygens (including phenoxy) is 2. The Morgan fingerprint density at radius 3 is 2.36 bits per heavy atom. The van der Waals surface area contributed by atoms with E-state index < -0.39 is 12.1 Å². The van der Waals surface area contributed by atoms with Gasteiger partial charge in [-0.3, -0.25) is 14.4 Å². The third-order valence-corrected chi connectivity index (χ3v) is 6.96. The Morgan fingerprint density at radius 2 is 1.72 bits per heavy atom. The van der Waals surface area contributed by atoms with Gasteiger partial charge in [0.25, 0.3) is 5.91 Å². The van der Waals surface area contributed by atoms with Gasteiger partial charge in [-0.05, 0) is 73.5 Å². The van der Waals surface area contributed by atoms with Crippen LogP contribution in [-0.2, 0) is 14.3 Å². The van der Waals surface area contributed by atoms with E-state index in [9.17, 15) is 19.5 Å². The number of esters is 1. The van der Waals surface area contributed by atoms with Crippen LogP contribution in [0.25, 0.3) is 0 Å². The Labute approximate surface area is 232 Å². The summed E-state index contributed by atoms with van der Waals surface area (Å²) < 4.78 is 10.1. The standard InChI is InChI=1S/C30H31ClN2O6/c1-19-16-28(33(20(2)34)23-12-10-22(31)11-13-23)26-6-4-5-7-27(26)32(19)30(37)21-8-14-25(15-9-21)39-18-24(35)17-29(36)38-3/h4-15,19,24,28,35H,16-18H2,1-3H3/t19?,24-,28?/m0/s1. The highest BCUT2D eigenvalue weighted by Crippen LogP contribution is 2.43. The van der Waals surface area contributed by atoms with Gasteiger partial charge >= 0.3 is 5.97 Å². The van der Waals surface area contributed by atoms with Crippen molar-refractivity contribution in [2.45, 2.75) is 44.9 Å². The number of aliphatic hydroxyl groups excluding tert-OH is 1. The number of benzene rings is 3. The molecule has 3 aromatic carbocycles. The molecule has 1 aliphatic rings. The normalized spacial score (nSPS) is 17.1. The SMILES string of the molecule is COC(=O)C[C@H](O)COc1ccc(C(=O)N2c3ccccc3C(N(C(C)=O)c3ccc(Cl)cc3)CC2C)cc1. The van der Waals surface area contributed by atoms with Gasteiger partial charge in [0.2, 0.25) is 5.91 Å². The van der Waals surface area contributed by atoms with Crippen LogP contribution >= 0.6 is 11.6 Å². The van der Waals surface area contributed by atoms with Crippen LogP contribution in [0.3, 0.4) is 0 Å². The highest BCUT2D eigenvalue weighted by molar-refractivity contribution is 6.30. The van der Waals surface area contributed by atoms with E-state index in [1.54, 1.807) is 46.2 Å². The Morgan fingerprint density at radius 1 is 1.05 bits per heavy atom. The lowest BCUT2D eigenvalue weighted by atomic mass is 9.89. The van der Waals surface area contributed by atoms with Crippen LogP contribution in [0.4, 0.5) is 11.4 Å². The number of nitrogens with zero attached hydrogens (tertiary/aromatic N) is 2. The van der Waals surface area contributed by atoms with Crippen molar-refractivity contribution in [2.24, 2.45) is 0 Å². The van der Waals surface area contributed by atoms with E-state index in [2.05, 4.69) is 4.74 Å². The van der Waals surface area contributed by atoms with Gasteiger partial charge < -0.3 is 24.4 Å². The number of anilines is 2. The van der Waals surface area contributed by atoms with Crippen molar-refractivity contribution in [1.82, 2.24) is 0 Å². The second-order valence-corrected chi connectivity index (χ2v) is 9.91. The average Bonchev–Trinajstić information content (AvgIpc) is 2.93. The van der Waals surface area contributed by atoms with Crippen LogP contribution < -0.4 is 14.5 Å². The number of para-hydroxylation sites is 1. The van der Waals surface area contributed by atoms with E-state index in [-0.39, 0.29) is 36.9 Å². The third-order valence-electron chi connectivity index (χ3n) is 6.71. The van der Waals surface area contributed by atoms with Crippen LogP contribution in [-0.4, -0.2) is 48.8 Å². The van der Waals surface area contributed by atoms with E-state index in [0.29, 0.717) is 22.8 Å². The van der Waals surface area contributed by atoms with Crippen LogP contribution in [0.15, 0.2) is 72.8 Å². The van der Waals surface area contributed by atoms with Crippen LogP contribution in [0, 0.1) is 0 Å². The summed E-state index contributed by atoms with van der Waals surface area (Å²) >= 11 is 6.08. The van der Waals surface area contributed by atoms with Crippen molar-refractivity contribution in [2.75, 3.05) is 23.5 Å². The minimum atomic E-state index is -1.00. The van der Waals surface area contributed by atoms with Gasteiger partial charge in [0.05, 0.1) is 25.7 Å². The molecule has 1 heterocycles. The second kappa shape index (κ2) is 12.3. The Hall–Kier alpha value is -3.88. The molecule has 0 fully saturated rings. The van der Waals surface area contributed by atoms with Crippen molar-refractivity contribution < 1.29 is 29.0 Å². The highest BCUT2D eigenvalue weighted by Gasteiger charge is 2.38. The second-order valence-electron chi connectivity index (χ2n) is 9.47. The van der Waals surface area contributed by atoms with Gasteiger partial charge in [-0.2, -0.15) is 0 Å². The summed E-state index contributed by atoms with van der Waals surface area (Å²) in [5.41, 5.74) is 2.84. The minimum absolute atomic E-state index is 0.0828. The summed E-state index contributed by atoms with van der Waals surface area (Å²) in [6.45, 7) is 3.43. The van der Waals surface area contributed by atoms with Gasteiger partial charge in [-0.15, -0.1) is 0 Å². The first kappa shape index (κ1) is 28.1. The molecule has 0 spiro atoms. The summed E-state index contributed by atoms with van der Waals surface area (Å²) in [5, 5.41) is 10.5. The van der Waals surface area contributed by atoms with Gasteiger partial charge in [-0.1, -0.05) is 29.8 Å². The fraction of sp³-hybridized carbons (Fsp3) is 0.300. The van der Waals surface area contributed by atoms with Crippen molar-refractivity contribution in [3.63, 3.8) is 0 Å². The molecule has 0 saturated carbocycles. The predicted octanol–water partition coefficient (Wildman–Crippen LogP) is 5.18. The molecule has 8 nitrogen and oxygen atoms in total. The number of rotatable bonds is 8. The predicted molar refractivity (Wildman–Crippen MR) is 149 cm³/mol. The van der Waals surface area contributed by atoms with Crippen LogP contribution in [0.1, 0.15) is 48.7 Å². The number of hydrogen-bond acceptors (Lipinski definition) is 6. The lowest BCUT2D eigenvalue weighted by molar-refractivity contribution is -0.143. The number of amides is 2. The molecule has 3 aromatic rings. The molecular weight excluding hydrogens is 520 g/mol. The van der Waals surface area contributed by atoms with Gasteiger partial charge in [-0.25, -0.2) is 0 Å². The molecule has 39 heavy (non-hydrogen) atoms. The maximum atomic E-state index is 13.7. The topological polar surface area (TPSA) is 96.4 Å². The molecule has 2 unspecified atom stereocenters. The number of hydrogen-bond donors (Lipinski definition) is 1. The Bertz CT molecular complexity index is 1330. The highest BCUT2D eigenvalue weighted by atomic mass is 35.5. The summed E-state index contributed by atoms with van der Waals surface area (Å²) in [7, 11) is 1.26. The number of fused-ring (bicyclic) bond motifs is 1. The maximum Gasteiger partial charge on any atom is 0.308 e. The fourth-order valence-electron chi connectivity index (χ4n) is 4.88. The van der Waals surface area contributed by atoms with E-state index in [1.165, 1.54) is 14.0 Å². The Balaban J connectivity index is 1.56. The number of aliphatic hydroxyl groups is 1. The molecule has 0 bridgehead atoms. The molecule has 0 saturated heterocycles. The first-order valence-electron chi connectivity index (χ1n) is 12.6. The molecule has 1 aliphatic heterocycles. The average molecular weight is 551 g/mol. The largest absolute Gasteiger partial charge is 0.491 e. The zero-order chi connectivity index (χ0) is 28.1. The first-order valence-corrected chi connectivity index (χ1v) is 13.0. The molecule has 0 aromatic heterocycles. The van der Waals surface area contributed by atoms with E-state index in [4.69, 9.17) is 16.3 Å². The maximum absolute atomic E-state index is 13.7. The fourth-order valence-corrected chi connectivity index (χ4v) is 5.00. The van der Waals surface area contributed by atoms with E-state index >= 15 is 0 Å². The van der Waals surface area contributed by atoms with Crippen molar-refractivity contribution in [1.29, 1.82) is 0 Å². The summed E-state index contributed by atoms with van der Waals surface area (Å²) in [5.74, 6) is -0.338. The van der Waals surface area contributed by atoms with Crippen molar-refractivity contribution >= 4 is 40.8 Å². The van der Waals surface area contributed by atoms with Crippen molar-refractivity contribution in [3.05, 3.63) is 88.9 Å². The molecule has 0 aliphatic carbocycles. The lowest BCUT2D eigenvalue weighted by Crippen LogP contribution is -2.47. The molecule has 2 amide bonds. The van der Waals surface area contributed by atoms with E-state index in [0.717, 1.165) is 16.9 Å². The number of halogens is 1. The molecule has 4 rings (SSSR count). The summed E-state index contributed by atoms with van der Waals surface area (Å²) in [4.78, 5) is 41.4. The van der Waals surface area contributed by atoms with Crippen LogP contribution in [0.2, 0.25) is 5.02 Å². The molecule has 204 valence electrons. The van der Waals surface area contributed by atoms with E-state index in [1.807, 2.05) is 43.3 Å². The summed E-state index contributed by atoms with van der Waals surface area (Å²) in [6, 6.07) is 21.0. The molecule has 9 heteroatoms. The number of carbonyl (C=O) groups is 3. The first-order chi connectivity index (χ1) is 18.7. The smallest absolute Gasteiger partial charge is 0.308 e. The molecule has 3 atom stereocenters. The van der Waals surface area contributed by atoms with Gasteiger partial charge in [0.1, 0.15) is 12.4 Å². The number of carbonyl (C=O) groups excluding carboxylic acids is 3. The summed E-state index contributed by atoms with van der Waals surface area (Å²) in [6.07, 6.45) is -0.622. The molecule has 1 N–H and O–H groups in total. The van der Waals surface area contributed by atoms with Gasteiger partial charge in [0, 0.05) is 34.9 Å². The molecule has 0 radical (unpaired) electrons. The molecular formula is C30H31ClN2O6. The third kappa shape index (κ3) is 6.41. The van der Waals surface area contributed by atoms with Gasteiger partial charge in [0.15, 0.2) is 0 Å². The minimum Gasteiger partial charge on any atom is -0.491 e. The van der Waals surface area contributed by atoms with Crippen molar-refractivity contribution in [3.8, 4) is 5.75 Å². The monoisotopic (exact) mass is 550 g/mol. The number of methoxy groups -OCH3 is 1. The zero-order valence-corrected chi connectivity index (χ0v) is 22.8. The lowest BCUT2D eigenvalue weighted by Gasteiger charge is -2.43. The zero-order valence-electron chi connectivity index (χ0n) is 22.0. The quantitative estimate of drug-likeness (QED) is 0.388. The van der Waals surface area contributed by atoms with Crippen LogP contribution in [0.5, 0.6) is 5.75 Å².